The van der Waals surface area contributed by atoms with Crippen LogP contribution in [-0.2, 0) is 6.54 Å². The van der Waals surface area contributed by atoms with Gasteiger partial charge in [0, 0.05) is 31.5 Å². The number of rotatable bonds is 9. The fourth-order valence-electron chi connectivity index (χ4n) is 2.33. The number of nitrogens with zero attached hydrogens (tertiary/aromatic N) is 4. The lowest BCUT2D eigenvalue weighted by molar-refractivity contribution is 0.131. The molecule has 0 aliphatic carbocycles. The highest BCUT2D eigenvalue weighted by atomic mass is 16.5. The number of pyridine rings is 1. The minimum Gasteiger partial charge on any atom is -0.472 e. The molecule has 0 spiro atoms. The summed E-state index contributed by atoms with van der Waals surface area (Å²) >= 11 is 0. The molecule has 0 aliphatic heterocycles. The first-order valence-electron chi connectivity index (χ1n) is 7.82. The summed E-state index contributed by atoms with van der Waals surface area (Å²) < 4.78 is 6.00. The Labute approximate surface area is 138 Å². The maximum atomic E-state index is 6.00. The van der Waals surface area contributed by atoms with Crippen molar-refractivity contribution in [1.29, 1.82) is 0 Å². The molecule has 2 rings (SSSR count). The smallest absolute Gasteiger partial charge is 0.233 e. The number of aryl methyl sites for hydroxylation is 1. The largest absolute Gasteiger partial charge is 0.472 e. The van der Waals surface area contributed by atoms with Crippen LogP contribution >= 0.6 is 0 Å². The van der Waals surface area contributed by atoms with Gasteiger partial charge in [0.2, 0.25) is 5.88 Å². The van der Waals surface area contributed by atoms with Crippen molar-refractivity contribution in [2.75, 3.05) is 13.6 Å². The normalized spacial score (nSPS) is 12.1. The molecule has 1 unspecified atom stereocenters. The third-order valence-corrected chi connectivity index (χ3v) is 3.44. The summed E-state index contributed by atoms with van der Waals surface area (Å²) in [5.41, 5.74) is 2.07. The van der Waals surface area contributed by atoms with Crippen molar-refractivity contribution < 1.29 is 4.74 Å². The van der Waals surface area contributed by atoms with E-state index in [9.17, 15) is 0 Å². The van der Waals surface area contributed by atoms with Gasteiger partial charge in [-0.1, -0.05) is 12.1 Å². The third kappa shape index (κ3) is 6.16. The molecule has 1 atom stereocenters. The van der Waals surface area contributed by atoms with Crippen LogP contribution in [0.3, 0.4) is 0 Å². The molecule has 0 N–H and O–H groups in total. The van der Waals surface area contributed by atoms with E-state index in [1.165, 1.54) is 5.56 Å². The Kier molecular flexibility index (Phi) is 6.69. The second kappa shape index (κ2) is 9.00. The Hall–Kier alpha value is -2.27. The predicted molar refractivity (Wildman–Crippen MR) is 91.2 cm³/mol. The summed E-state index contributed by atoms with van der Waals surface area (Å²) in [5.74, 6) is 0.569. The molecule has 122 valence electrons. The number of aromatic nitrogens is 3. The van der Waals surface area contributed by atoms with Crippen LogP contribution in [0.4, 0.5) is 0 Å². The van der Waals surface area contributed by atoms with E-state index >= 15 is 0 Å². The first kappa shape index (κ1) is 17.1. The summed E-state index contributed by atoms with van der Waals surface area (Å²) in [7, 11) is 2.08. The Morgan fingerprint density at radius 2 is 2.17 bits per heavy atom. The average molecular weight is 312 g/mol. The lowest BCUT2D eigenvalue weighted by atomic mass is 10.1. The number of hydrogen-bond donors (Lipinski definition) is 0. The highest BCUT2D eigenvalue weighted by molar-refractivity contribution is 5.11. The van der Waals surface area contributed by atoms with E-state index in [1.807, 2.05) is 37.4 Å². The first-order valence-corrected chi connectivity index (χ1v) is 7.82. The van der Waals surface area contributed by atoms with Crippen LogP contribution in [-0.4, -0.2) is 39.8 Å². The van der Waals surface area contributed by atoms with Crippen LogP contribution in [0.15, 0.2) is 49.3 Å². The molecule has 2 heterocycles. The lowest BCUT2D eigenvalue weighted by Crippen LogP contribution is -2.33. The zero-order chi connectivity index (χ0) is 16.5. The summed E-state index contributed by atoms with van der Waals surface area (Å²) in [6.07, 6.45) is 7.45. The molecule has 0 saturated carbocycles. The van der Waals surface area contributed by atoms with E-state index < -0.39 is 0 Å². The standard InChI is InChI=1S/C18H24N4O/c1-4-5-8-17(23-18-10-9-15(2)20-21-18)14-22(3)13-16-7-6-11-19-12-16/h4,6-7,9-12,17H,1,5,8,13-14H2,2-3H3. The predicted octanol–water partition coefficient (Wildman–Crippen LogP) is 3.03. The fourth-order valence-corrected chi connectivity index (χ4v) is 2.33. The Balaban J connectivity index is 1.94. The van der Waals surface area contributed by atoms with Crippen molar-refractivity contribution in [3.63, 3.8) is 0 Å². The highest BCUT2D eigenvalue weighted by Crippen LogP contribution is 2.13. The number of likely N-dealkylation sites (N-methyl/N-ethyl adjacent to an activating group) is 1. The lowest BCUT2D eigenvalue weighted by Gasteiger charge is -2.24. The second-order valence-electron chi connectivity index (χ2n) is 5.68. The third-order valence-electron chi connectivity index (χ3n) is 3.44. The minimum atomic E-state index is 0.0478. The van der Waals surface area contributed by atoms with E-state index in [4.69, 9.17) is 4.74 Å². The van der Waals surface area contributed by atoms with Crippen LogP contribution in [0.5, 0.6) is 5.88 Å². The Morgan fingerprint density at radius 3 is 2.83 bits per heavy atom. The monoisotopic (exact) mass is 312 g/mol. The number of ether oxygens (including phenoxy) is 1. The number of hydrogen-bond acceptors (Lipinski definition) is 5. The van der Waals surface area contributed by atoms with Crippen molar-refractivity contribution in [3.8, 4) is 5.88 Å². The van der Waals surface area contributed by atoms with E-state index in [0.29, 0.717) is 5.88 Å². The fraction of sp³-hybridized carbons (Fsp3) is 0.389. The molecule has 0 amide bonds. The quantitative estimate of drug-likeness (QED) is 0.666. The van der Waals surface area contributed by atoms with Gasteiger partial charge in [-0.25, -0.2) is 0 Å². The zero-order valence-corrected chi connectivity index (χ0v) is 13.9. The van der Waals surface area contributed by atoms with Gasteiger partial charge >= 0.3 is 0 Å². The SMILES string of the molecule is C=CCCC(CN(C)Cc1cccnc1)Oc1ccc(C)nn1. The molecule has 2 aromatic heterocycles. The van der Waals surface area contributed by atoms with Gasteiger partial charge in [-0.2, -0.15) is 5.10 Å². The van der Waals surface area contributed by atoms with Gasteiger partial charge in [0.25, 0.3) is 0 Å². The molecular weight excluding hydrogens is 288 g/mol. The maximum Gasteiger partial charge on any atom is 0.233 e. The summed E-state index contributed by atoms with van der Waals surface area (Å²) in [6, 6.07) is 7.81. The van der Waals surface area contributed by atoms with Gasteiger partial charge < -0.3 is 4.74 Å². The van der Waals surface area contributed by atoms with Gasteiger partial charge in [-0.3, -0.25) is 9.88 Å². The molecular formula is C18H24N4O. The van der Waals surface area contributed by atoms with Crippen LogP contribution in [0.25, 0.3) is 0 Å². The van der Waals surface area contributed by atoms with Gasteiger partial charge in [0.05, 0.1) is 5.69 Å². The van der Waals surface area contributed by atoms with E-state index in [0.717, 1.165) is 31.6 Å². The minimum absolute atomic E-state index is 0.0478. The molecule has 0 aliphatic rings. The summed E-state index contributed by atoms with van der Waals surface area (Å²) in [6.45, 7) is 7.34. The molecule has 0 aromatic carbocycles. The van der Waals surface area contributed by atoms with Crippen molar-refractivity contribution >= 4 is 0 Å². The van der Waals surface area contributed by atoms with Crippen LogP contribution in [0.1, 0.15) is 24.1 Å². The van der Waals surface area contributed by atoms with Crippen molar-refractivity contribution in [3.05, 3.63) is 60.6 Å². The molecule has 2 aromatic rings. The highest BCUT2D eigenvalue weighted by Gasteiger charge is 2.14. The maximum absolute atomic E-state index is 6.00. The zero-order valence-electron chi connectivity index (χ0n) is 13.9. The molecule has 0 bridgehead atoms. The molecule has 5 nitrogen and oxygen atoms in total. The van der Waals surface area contributed by atoms with Crippen LogP contribution in [0, 0.1) is 6.92 Å². The molecule has 0 saturated heterocycles. The molecule has 23 heavy (non-hydrogen) atoms. The molecule has 5 heteroatoms. The van der Waals surface area contributed by atoms with Gasteiger partial charge in [-0.15, -0.1) is 11.7 Å². The summed E-state index contributed by atoms with van der Waals surface area (Å²) in [5, 5.41) is 8.13. The van der Waals surface area contributed by atoms with Crippen LogP contribution < -0.4 is 4.74 Å². The second-order valence-corrected chi connectivity index (χ2v) is 5.68. The average Bonchev–Trinajstić information content (AvgIpc) is 2.55. The molecule has 0 fully saturated rings. The Bertz CT molecular complexity index is 586. The van der Waals surface area contributed by atoms with Gasteiger partial charge in [0.15, 0.2) is 0 Å². The van der Waals surface area contributed by atoms with Crippen molar-refractivity contribution in [2.45, 2.75) is 32.4 Å². The van der Waals surface area contributed by atoms with Crippen molar-refractivity contribution in [1.82, 2.24) is 20.1 Å². The molecule has 0 radical (unpaired) electrons. The van der Waals surface area contributed by atoms with E-state index in [1.54, 1.807) is 6.20 Å². The first-order chi connectivity index (χ1) is 11.2. The van der Waals surface area contributed by atoms with E-state index in [2.05, 4.69) is 39.8 Å². The van der Waals surface area contributed by atoms with E-state index in [-0.39, 0.29) is 6.10 Å². The van der Waals surface area contributed by atoms with Gasteiger partial charge in [0.1, 0.15) is 6.10 Å². The number of allylic oxidation sites excluding steroid dienone is 1. The Morgan fingerprint density at radius 1 is 1.30 bits per heavy atom. The van der Waals surface area contributed by atoms with Gasteiger partial charge in [-0.05, 0) is 44.5 Å². The van der Waals surface area contributed by atoms with Crippen LogP contribution in [0.2, 0.25) is 0 Å². The van der Waals surface area contributed by atoms with Crippen molar-refractivity contribution in [2.24, 2.45) is 0 Å². The topological polar surface area (TPSA) is 51.1 Å². The summed E-state index contributed by atoms with van der Waals surface area (Å²) in [4.78, 5) is 6.38.